The van der Waals surface area contributed by atoms with E-state index in [1.54, 1.807) is 0 Å². The van der Waals surface area contributed by atoms with E-state index in [0.29, 0.717) is 29.1 Å². The molecule has 0 unspecified atom stereocenters. The lowest BCUT2D eigenvalue weighted by Gasteiger charge is -2.08. The lowest BCUT2D eigenvalue weighted by molar-refractivity contribution is -0.139. The summed E-state index contributed by atoms with van der Waals surface area (Å²) in [6.07, 6.45) is 0.686. The van der Waals surface area contributed by atoms with Gasteiger partial charge in [-0.1, -0.05) is 37.4 Å². The lowest BCUT2D eigenvalue weighted by Crippen LogP contribution is -2.10. The van der Waals surface area contributed by atoms with Crippen molar-refractivity contribution in [3.63, 3.8) is 0 Å². The number of hydrogen-bond acceptors (Lipinski definition) is 2. The molecule has 2 N–H and O–H groups in total. The predicted octanol–water partition coefficient (Wildman–Crippen LogP) is 2.41. The smallest absolute Gasteiger partial charge is 0.332 e. The van der Waals surface area contributed by atoms with Gasteiger partial charge in [-0.15, -0.1) is 0 Å². The first kappa shape index (κ1) is 14.6. The van der Waals surface area contributed by atoms with Gasteiger partial charge >= 0.3 is 11.9 Å². The number of halogens is 2. The average Bonchev–Trinajstić information content (AvgIpc) is 2.13. The van der Waals surface area contributed by atoms with E-state index in [1.165, 1.54) is 0 Å². The molecule has 0 aliphatic carbocycles. The third kappa shape index (κ3) is 5.94. The van der Waals surface area contributed by atoms with Crippen molar-refractivity contribution in [2.24, 2.45) is 0 Å². The number of carbonyl (C=O) groups is 2. The summed E-state index contributed by atoms with van der Waals surface area (Å²) >= 11 is 6.43. The standard InChI is InChI=1S/C9H12Br2O4/c10-3-1-6(2-4-11)7(9(14)15)5-8(12)13/h1-5H2,(H,12,13)(H,14,15). The Balaban J connectivity index is 4.94. The van der Waals surface area contributed by atoms with Crippen LogP contribution in [0, 0.1) is 0 Å². The second kappa shape index (κ2) is 7.87. The topological polar surface area (TPSA) is 74.6 Å². The minimum atomic E-state index is -1.14. The molecule has 86 valence electrons. The maximum absolute atomic E-state index is 10.9. The summed E-state index contributed by atoms with van der Waals surface area (Å²) in [5.41, 5.74) is 0.681. The minimum absolute atomic E-state index is 0.00130. The number of carboxylic acid groups (broad SMARTS) is 2. The Morgan fingerprint density at radius 1 is 1.00 bits per heavy atom. The maximum Gasteiger partial charge on any atom is 0.332 e. The minimum Gasteiger partial charge on any atom is -0.481 e. The molecule has 0 fully saturated rings. The average molecular weight is 344 g/mol. The van der Waals surface area contributed by atoms with Crippen LogP contribution in [0.1, 0.15) is 19.3 Å². The van der Waals surface area contributed by atoms with Crippen molar-refractivity contribution in [1.82, 2.24) is 0 Å². The van der Waals surface area contributed by atoms with Crippen LogP contribution in [0.25, 0.3) is 0 Å². The highest BCUT2D eigenvalue weighted by molar-refractivity contribution is 9.09. The van der Waals surface area contributed by atoms with Crippen molar-refractivity contribution in [3.8, 4) is 0 Å². The van der Waals surface area contributed by atoms with E-state index in [9.17, 15) is 9.59 Å². The number of hydrogen-bond donors (Lipinski definition) is 2. The molecule has 15 heavy (non-hydrogen) atoms. The number of rotatable bonds is 7. The molecule has 0 heterocycles. The van der Waals surface area contributed by atoms with E-state index in [1.807, 2.05) is 0 Å². The van der Waals surface area contributed by atoms with Crippen molar-refractivity contribution in [3.05, 3.63) is 11.1 Å². The van der Waals surface area contributed by atoms with Crippen LogP contribution < -0.4 is 0 Å². The van der Waals surface area contributed by atoms with Gasteiger partial charge < -0.3 is 10.2 Å². The van der Waals surface area contributed by atoms with Gasteiger partial charge in [-0.3, -0.25) is 4.79 Å². The van der Waals surface area contributed by atoms with Gasteiger partial charge in [-0.2, -0.15) is 0 Å². The molecule has 0 amide bonds. The highest BCUT2D eigenvalue weighted by Crippen LogP contribution is 2.19. The van der Waals surface area contributed by atoms with Crippen LogP contribution in [0.4, 0.5) is 0 Å². The fourth-order valence-corrected chi connectivity index (χ4v) is 2.12. The van der Waals surface area contributed by atoms with E-state index in [4.69, 9.17) is 10.2 Å². The first-order valence-electron chi connectivity index (χ1n) is 4.30. The van der Waals surface area contributed by atoms with Gasteiger partial charge in [0.1, 0.15) is 0 Å². The van der Waals surface area contributed by atoms with E-state index >= 15 is 0 Å². The van der Waals surface area contributed by atoms with Gasteiger partial charge in [0.05, 0.1) is 6.42 Å². The molecule has 0 bridgehead atoms. The molecule has 0 radical (unpaired) electrons. The Morgan fingerprint density at radius 2 is 1.47 bits per heavy atom. The summed E-state index contributed by atoms with van der Waals surface area (Å²) in [6, 6.07) is 0. The Labute approximate surface area is 105 Å². The normalized spacial score (nSPS) is 9.73. The van der Waals surface area contributed by atoms with Crippen molar-refractivity contribution in [2.45, 2.75) is 19.3 Å². The first-order chi connectivity index (χ1) is 7.02. The zero-order valence-electron chi connectivity index (χ0n) is 8.00. The summed E-state index contributed by atoms with van der Waals surface area (Å²) in [5.74, 6) is -2.26. The van der Waals surface area contributed by atoms with Crippen LogP contribution >= 0.6 is 31.9 Å². The van der Waals surface area contributed by atoms with Crippen LogP contribution in [0.3, 0.4) is 0 Å². The fraction of sp³-hybridized carbons (Fsp3) is 0.556. The molecule has 0 saturated heterocycles. The molecule has 0 aromatic heterocycles. The number of alkyl halides is 2. The van der Waals surface area contributed by atoms with Gasteiger partial charge in [-0.05, 0) is 12.8 Å². The van der Waals surface area contributed by atoms with Crippen molar-refractivity contribution >= 4 is 43.8 Å². The van der Waals surface area contributed by atoms with Gasteiger partial charge in [0.15, 0.2) is 0 Å². The molecule has 4 nitrogen and oxygen atoms in total. The Morgan fingerprint density at radius 3 is 1.73 bits per heavy atom. The second-order valence-electron chi connectivity index (χ2n) is 2.84. The fourth-order valence-electron chi connectivity index (χ4n) is 1.16. The lowest BCUT2D eigenvalue weighted by atomic mass is 10.0. The molecule has 0 aliphatic rings. The third-order valence-corrected chi connectivity index (χ3v) is 2.60. The van der Waals surface area contributed by atoms with Crippen LogP contribution in [0.15, 0.2) is 11.1 Å². The third-order valence-electron chi connectivity index (χ3n) is 1.81. The summed E-state index contributed by atoms with van der Waals surface area (Å²) in [7, 11) is 0. The van der Waals surface area contributed by atoms with Gasteiger partial charge in [0.25, 0.3) is 0 Å². The summed E-state index contributed by atoms with van der Waals surface area (Å²) in [5, 5.41) is 18.8. The van der Waals surface area contributed by atoms with Crippen molar-refractivity contribution in [2.75, 3.05) is 10.7 Å². The SMILES string of the molecule is O=C(O)CC(C(=O)O)=C(CCBr)CCBr. The molecule has 0 aliphatic heterocycles. The van der Waals surface area contributed by atoms with Gasteiger partial charge in [-0.25, -0.2) is 4.79 Å². The molecular weight excluding hydrogens is 332 g/mol. The number of aliphatic carboxylic acids is 2. The summed E-state index contributed by atoms with van der Waals surface area (Å²) < 4.78 is 0. The van der Waals surface area contributed by atoms with Crippen molar-refractivity contribution in [1.29, 1.82) is 0 Å². The largest absolute Gasteiger partial charge is 0.481 e. The molecule has 0 atom stereocenters. The Bertz CT molecular complexity index is 265. The van der Waals surface area contributed by atoms with Crippen LogP contribution in [-0.2, 0) is 9.59 Å². The van der Waals surface area contributed by atoms with E-state index in [2.05, 4.69) is 31.9 Å². The van der Waals surface area contributed by atoms with Crippen LogP contribution in [0.2, 0.25) is 0 Å². The van der Waals surface area contributed by atoms with E-state index < -0.39 is 18.4 Å². The highest BCUT2D eigenvalue weighted by atomic mass is 79.9. The molecular formula is C9H12Br2O4. The predicted molar refractivity (Wildman–Crippen MR) is 63.7 cm³/mol. The zero-order valence-corrected chi connectivity index (χ0v) is 11.2. The molecule has 6 heteroatoms. The summed E-state index contributed by atoms with van der Waals surface area (Å²) in [4.78, 5) is 21.4. The second-order valence-corrected chi connectivity index (χ2v) is 4.42. The van der Waals surface area contributed by atoms with Crippen molar-refractivity contribution < 1.29 is 19.8 Å². The molecule has 0 saturated carbocycles. The quantitative estimate of drug-likeness (QED) is 0.550. The van der Waals surface area contributed by atoms with E-state index in [-0.39, 0.29) is 5.57 Å². The van der Waals surface area contributed by atoms with Gasteiger partial charge in [0.2, 0.25) is 0 Å². The number of carboxylic acids is 2. The van der Waals surface area contributed by atoms with Crippen LogP contribution in [0.5, 0.6) is 0 Å². The molecule has 0 spiro atoms. The maximum atomic E-state index is 10.9. The monoisotopic (exact) mass is 342 g/mol. The molecule has 0 aromatic rings. The van der Waals surface area contributed by atoms with Gasteiger partial charge in [0, 0.05) is 16.2 Å². The molecule has 0 aromatic carbocycles. The number of allylic oxidation sites excluding steroid dienone is 1. The highest BCUT2D eigenvalue weighted by Gasteiger charge is 2.16. The Hall–Kier alpha value is -0.360. The molecule has 0 rings (SSSR count). The van der Waals surface area contributed by atoms with E-state index in [0.717, 1.165) is 0 Å². The Kier molecular flexibility index (Phi) is 7.68. The first-order valence-corrected chi connectivity index (χ1v) is 6.55. The zero-order chi connectivity index (χ0) is 11.8. The van der Waals surface area contributed by atoms with Crippen LogP contribution in [-0.4, -0.2) is 32.8 Å². The summed E-state index contributed by atoms with van der Waals surface area (Å²) in [6.45, 7) is 0.